The van der Waals surface area contributed by atoms with Gasteiger partial charge in [-0.05, 0) is 75.4 Å². The van der Waals surface area contributed by atoms with Crippen molar-refractivity contribution in [1.82, 2.24) is 5.32 Å². The fourth-order valence-corrected chi connectivity index (χ4v) is 2.91. The Hall–Kier alpha value is -2.29. The van der Waals surface area contributed by atoms with Crippen LogP contribution in [0.3, 0.4) is 0 Å². The number of ether oxygens (including phenoxy) is 1. The zero-order chi connectivity index (χ0) is 17.9. The first-order chi connectivity index (χ1) is 11.3. The van der Waals surface area contributed by atoms with Crippen LogP contribution in [0, 0.1) is 34.6 Å². The summed E-state index contributed by atoms with van der Waals surface area (Å²) in [5.41, 5.74) is 7.08. The summed E-state index contributed by atoms with van der Waals surface area (Å²) in [6, 6.07) is 10.2. The minimum atomic E-state index is -0.111. The molecule has 128 valence electrons. The van der Waals surface area contributed by atoms with E-state index in [-0.39, 0.29) is 18.6 Å². The molecule has 0 heterocycles. The standard InChI is InChI=1S/C21H27NO2/c1-13-7-8-20(17(5)9-13)24-12-21(23)22-18(6)19-11-15(3)14(2)10-16(19)4/h7-11,18H,12H2,1-6H3,(H,22,23)/t18-/m1/s1. The average Bonchev–Trinajstić information content (AvgIpc) is 2.50. The Morgan fingerprint density at radius 3 is 2.29 bits per heavy atom. The lowest BCUT2D eigenvalue weighted by Gasteiger charge is -2.19. The van der Waals surface area contributed by atoms with E-state index in [1.807, 2.05) is 39.0 Å². The Balaban J connectivity index is 1.98. The summed E-state index contributed by atoms with van der Waals surface area (Å²) in [4.78, 5) is 12.2. The highest BCUT2D eigenvalue weighted by Crippen LogP contribution is 2.22. The van der Waals surface area contributed by atoms with Crippen LogP contribution in [-0.2, 0) is 4.79 Å². The van der Waals surface area contributed by atoms with Crippen LogP contribution in [0.25, 0.3) is 0 Å². The number of amides is 1. The van der Waals surface area contributed by atoms with E-state index in [1.165, 1.54) is 22.3 Å². The smallest absolute Gasteiger partial charge is 0.258 e. The predicted octanol–water partition coefficient (Wildman–Crippen LogP) is 4.48. The fourth-order valence-electron chi connectivity index (χ4n) is 2.91. The van der Waals surface area contributed by atoms with E-state index in [1.54, 1.807) is 0 Å². The first kappa shape index (κ1) is 18.1. The van der Waals surface area contributed by atoms with Crippen molar-refractivity contribution in [2.24, 2.45) is 0 Å². The summed E-state index contributed by atoms with van der Waals surface area (Å²) in [5.74, 6) is 0.644. The van der Waals surface area contributed by atoms with Gasteiger partial charge in [0.05, 0.1) is 6.04 Å². The molecule has 0 radical (unpaired) electrons. The summed E-state index contributed by atoms with van der Waals surface area (Å²) in [5, 5.41) is 3.02. The Morgan fingerprint density at radius 2 is 1.62 bits per heavy atom. The third kappa shape index (κ3) is 4.38. The third-order valence-corrected chi connectivity index (χ3v) is 4.42. The number of rotatable bonds is 5. The topological polar surface area (TPSA) is 38.3 Å². The molecule has 1 atom stereocenters. The molecule has 2 aromatic rings. The van der Waals surface area contributed by atoms with Crippen LogP contribution in [0.2, 0.25) is 0 Å². The first-order valence-corrected chi connectivity index (χ1v) is 8.35. The molecule has 0 fully saturated rings. The lowest BCUT2D eigenvalue weighted by molar-refractivity contribution is -0.123. The highest BCUT2D eigenvalue weighted by atomic mass is 16.5. The van der Waals surface area contributed by atoms with E-state index in [9.17, 15) is 4.79 Å². The van der Waals surface area contributed by atoms with Crippen LogP contribution in [0.15, 0.2) is 30.3 Å². The molecule has 1 N–H and O–H groups in total. The zero-order valence-corrected chi connectivity index (χ0v) is 15.5. The molecule has 3 heteroatoms. The van der Waals surface area contributed by atoms with E-state index in [4.69, 9.17) is 4.74 Å². The van der Waals surface area contributed by atoms with Gasteiger partial charge in [-0.1, -0.05) is 29.8 Å². The normalized spacial score (nSPS) is 11.9. The van der Waals surface area contributed by atoms with Gasteiger partial charge in [-0.15, -0.1) is 0 Å². The maximum Gasteiger partial charge on any atom is 0.258 e. The van der Waals surface area contributed by atoms with E-state index >= 15 is 0 Å². The molecule has 2 rings (SSSR count). The largest absolute Gasteiger partial charge is 0.484 e. The number of carbonyl (C=O) groups excluding carboxylic acids is 1. The van der Waals surface area contributed by atoms with Gasteiger partial charge in [0.2, 0.25) is 0 Å². The molecule has 0 saturated carbocycles. The molecule has 2 aromatic carbocycles. The van der Waals surface area contributed by atoms with E-state index in [2.05, 4.69) is 38.2 Å². The fraction of sp³-hybridized carbons (Fsp3) is 0.381. The van der Waals surface area contributed by atoms with Crippen molar-refractivity contribution in [3.05, 3.63) is 63.7 Å². The molecule has 1 amide bonds. The van der Waals surface area contributed by atoms with Gasteiger partial charge in [0.1, 0.15) is 5.75 Å². The van der Waals surface area contributed by atoms with Gasteiger partial charge in [-0.3, -0.25) is 4.79 Å². The monoisotopic (exact) mass is 325 g/mol. The highest BCUT2D eigenvalue weighted by molar-refractivity contribution is 5.78. The number of benzene rings is 2. The quantitative estimate of drug-likeness (QED) is 0.880. The summed E-state index contributed by atoms with van der Waals surface area (Å²) in [6.07, 6.45) is 0. The second-order valence-electron chi connectivity index (χ2n) is 6.64. The van der Waals surface area contributed by atoms with Gasteiger partial charge in [0.15, 0.2) is 6.61 Å². The van der Waals surface area contributed by atoms with Crippen LogP contribution in [-0.4, -0.2) is 12.5 Å². The molecule has 0 unspecified atom stereocenters. The average molecular weight is 325 g/mol. The van der Waals surface area contributed by atoms with Gasteiger partial charge in [0, 0.05) is 0 Å². The summed E-state index contributed by atoms with van der Waals surface area (Å²) >= 11 is 0. The number of hydrogen-bond acceptors (Lipinski definition) is 2. The Kier molecular flexibility index (Phi) is 5.66. The van der Waals surface area contributed by atoms with E-state index in [0.717, 1.165) is 16.9 Å². The van der Waals surface area contributed by atoms with Crippen molar-refractivity contribution in [3.63, 3.8) is 0 Å². The maximum atomic E-state index is 12.2. The molecular weight excluding hydrogens is 298 g/mol. The van der Waals surface area contributed by atoms with Crippen LogP contribution < -0.4 is 10.1 Å². The van der Waals surface area contributed by atoms with Crippen molar-refractivity contribution in [2.75, 3.05) is 6.61 Å². The number of aryl methyl sites for hydroxylation is 5. The summed E-state index contributed by atoms with van der Waals surface area (Å²) in [7, 11) is 0. The second-order valence-corrected chi connectivity index (χ2v) is 6.64. The van der Waals surface area contributed by atoms with Crippen molar-refractivity contribution >= 4 is 5.91 Å². The third-order valence-electron chi connectivity index (χ3n) is 4.42. The van der Waals surface area contributed by atoms with E-state index in [0.29, 0.717) is 0 Å². The zero-order valence-electron chi connectivity index (χ0n) is 15.5. The minimum absolute atomic E-state index is 0.0259. The SMILES string of the molecule is Cc1ccc(OCC(=O)N[C@H](C)c2cc(C)c(C)cc2C)c(C)c1. The van der Waals surface area contributed by atoms with Crippen LogP contribution >= 0.6 is 0 Å². The van der Waals surface area contributed by atoms with Gasteiger partial charge in [0.25, 0.3) is 5.91 Å². The minimum Gasteiger partial charge on any atom is -0.484 e. The molecular formula is C21H27NO2. The summed E-state index contributed by atoms with van der Waals surface area (Å²) < 4.78 is 5.65. The van der Waals surface area contributed by atoms with E-state index < -0.39 is 0 Å². The van der Waals surface area contributed by atoms with Gasteiger partial charge in [-0.25, -0.2) is 0 Å². The van der Waals surface area contributed by atoms with Gasteiger partial charge >= 0.3 is 0 Å². The molecule has 24 heavy (non-hydrogen) atoms. The lowest BCUT2D eigenvalue weighted by atomic mass is 9.96. The van der Waals surface area contributed by atoms with Crippen molar-refractivity contribution in [2.45, 2.75) is 47.6 Å². The maximum absolute atomic E-state index is 12.2. The van der Waals surface area contributed by atoms with Crippen LogP contribution in [0.5, 0.6) is 5.75 Å². The molecule has 3 nitrogen and oxygen atoms in total. The molecule has 0 aliphatic heterocycles. The second kappa shape index (κ2) is 7.52. The van der Waals surface area contributed by atoms with Crippen LogP contribution in [0.4, 0.5) is 0 Å². The van der Waals surface area contributed by atoms with Gasteiger partial charge < -0.3 is 10.1 Å². The molecule has 0 bridgehead atoms. The van der Waals surface area contributed by atoms with Crippen molar-refractivity contribution in [1.29, 1.82) is 0 Å². The summed E-state index contributed by atoms with van der Waals surface area (Å²) in [6.45, 7) is 12.3. The predicted molar refractivity (Wildman–Crippen MR) is 98.6 cm³/mol. The van der Waals surface area contributed by atoms with Crippen molar-refractivity contribution in [3.8, 4) is 5.75 Å². The number of carbonyl (C=O) groups is 1. The number of nitrogens with one attached hydrogen (secondary N) is 1. The Bertz CT molecular complexity index is 750. The Morgan fingerprint density at radius 1 is 0.958 bits per heavy atom. The lowest BCUT2D eigenvalue weighted by Crippen LogP contribution is -2.31. The molecule has 0 spiro atoms. The Labute approximate surface area is 145 Å². The highest BCUT2D eigenvalue weighted by Gasteiger charge is 2.13. The molecule has 0 aliphatic carbocycles. The molecule has 0 saturated heterocycles. The van der Waals surface area contributed by atoms with Crippen molar-refractivity contribution < 1.29 is 9.53 Å². The molecule has 0 aromatic heterocycles. The van der Waals surface area contributed by atoms with Gasteiger partial charge in [-0.2, -0.15) is 0 Å². The first-order valence-electron chi connectivity index (χ1n) is 8.35. The molecule has 0 aliphatic rings. The van der Waals surface area contributed by atoms with Crippen LogP contribution in [0.1, 0.15) is 46.3 Å². The number of hydrogen-bond donors (Lipinski definition) is 1.